The van der Waals surface area contributed by atoms with Crippen LogP contribution in [0.25, 0.3) is 0 Å². The maximum absolute atomic E-state index is 12.1. The second-order valence-electron chi connectivity index (χ2n) is 6.67. The molecule has 0 bridgehead atoms. The Kier molecular flexibility index (Phi) is 5.77. The van der Waals surface area contributed by atoms with E-state index in [1.54, 1.807) is 6.92 Å². The number of carbonyl (C=O) groups is 2. The molecule has 2 rings (SSSR count). The van der Waals surface area contributed by atoms with Crippen molar-refractivity contribution in [2.45, 2.75) is 58.0 Å². The van der Waals surface area contributed by atoms with Crippen LogP contribution in [0.15, 0.2) is 24.3 Å². The summed E-state index contributed by atoms with van der Waals surface area (Å²) in [7, 11) is 0. The van der Waals surface area contributed by atoms with E-state index >= 15 is 0 Å². The highest BCUT2D eigenvalue weighted by Crippen LogP contribution is 2.27. The normalized spacial score (nSPS) is 17.0. The van der Waals surface area contributed by atoms with E-state index < -0.39 is 5.54 Å². The van der Waals surface area contributed by atoms with E-state index in [0.717, 1.165) is 36.9 Å². The Hall–Kier alpha value is -1.88. The lowest BCUT2D eigenvalue weighted by Gasteiger charge is -2.24. The van der Waals surface area contributed by atoms with Crippen molar-refractivity contribution in [3.8, 4) is 0 Å². The van der Waals surface area contributed by atoms with E-state index in [-0.39, 0.29) is 17.7 Å². The number of benzene rings is 1. The molecule has 0 aromatic heterocycles. The molecular formula is C18H27N3O2. The first-order chi connectivity index (χ1) is 10.9. The van der Waals surface area contributed by atoms with Crippen LogP contribution in [0.4, 0.5) is 5.69 Å². The van der Waals surface area contributed by atoms with Gasteiger partial charge in [-0.05, 0) is 43.9 Å². The van der Waals surface area contributed by atoms with Gasteiger partial charge in [0.1, 0.15) is 0 Å². The SMILES string of the molecule is CCCC(C)(N)C(=O)NCc1cccc(NC(=O)C2CCC2)c1. The third kappa shape index (κ3) is 4.79. The molecule has 0 radical (unpaired) electrons. The first kappa shape index (κ1) is 17.5. The molecule has 1 aliphatic carbocycles. The minimum absolute atomic E-state index is 0.0925. The molecule has 1 fully saturated rings. The highest BCUT2D eigenvalue weighted by Gasteiger charge is 2.27. The van der Waals surface area contributed by atoms with Gasteiger partial charge in [0.25, 0.3) is 0 Å². The quantitative estimate of drug-likeness (QED) is 0.722. The zero-order valence-corrected chi connectivity index (χ0v) is 14.0. The number of carbonyl (C=O) groups excluding carboxylic acids is 2. The highest BCUT2D eigenvalue weighted by molar-refractivity contribution is 5.93. The predicted molar refractivity (Wildman–Crippen MR) is 91.8 cm³/mol. The molecule has 4 N–H and O–H groups in total. The van der Waals surface area contributed by atoms with Crippen molar-refractivity contribution in [1.29, 1.82) is 0 Å². The monoisotopic (exact) mass is 317 g/mol. The van der Waals surface area contributed by atoms with E-state index in [9.17, 15) is 9.59 Å². The van der Waals surface area contributed by atoms with E-state index in [1.165, 1.54) is 0 Å². The summed E-state index contributed by atoms with van der Waals surface area (Å²) in [4.78, 5) is 24.1. The van der Waals surface area contributed by atoms with Crippen LogP contribution in [-0.2, 0) is 16.1 Å². The second-order valence-corrected chi connectivity index (χ2v) is 6.67. The first-order valence-corrected chi connectivity index (χ1v) is 8.39. The third-order valence-electron chi connectivity index (χ3n) is 4.41. The zero-order valence-electron chi connectivity index (χ0n) is 14.0. The Morgan fingerprint density at radius 3 is 2.70 bits per heavy atom. The van der Waals surface area contributed by atoms with Crippen molar-refractivity contribution >= 4 is 17.5 Å². The fraction of sp³-hybridized carbons (Fsp3) is 0.556. The maximum atomic E-state index is 12.1. The summed E-state index contributed by atoms with van der Waals surface area (Å²) in [5.41, 5.74) is 6.89. The molecule has 2 amide bonds. The lowest BCUT2D eigenvalue weighted by atomic mass is 9.85. The number of nitrogens with one attached hydrogen (secondary N) is 2. The number of rotatable bonds is 7. The Bertz CT molecular complexity index is 565. The topological polar surface area (TPSA) is 84.2 Å². The molecule has 1 aromatic carbocycles. The molecule has 0 saturated heterocycles. The van der Waals surface area contributed by atoms with Crippen LogP contribution >= 0.6 is 0 Å². The molecular weight excluding hydrogens is 290 g/mol. The van der Waals surface area contributed by atoms with E-state index in [4.69, 9.17) is 5.73 Å². The Labute approximate surface area is 138 Å². The van der Waals surface area contributed by atoms with Gasteiger partial charge in [0, 0.05) is 18.2 Å². The molecule has 1 saturated carbocycles. The Morgan fingerprint density at radius 1 is 1.35 bits per heavy atom. The van der Waals surface area contributed by atoms with Gasteiger partial charge in [0.15, 0.2) is 0 Å². The molecule has 5 heteroatoms. The summed E-state index contributed by atoms with van der Waals surface area (Å²) in [5.74, 6) is 0.100. The van der Waals surface area contributed by atoms with E-state index in [2.05, 4.69) is 10.6 Å². The van der Waals surface area contributed by atoms with Gasteiger partial charge in [-0.15, -0.1) is 0 Å². The van der Waals surface area contributed by atoms with Gasteiger partial charge in [-0.25, -0.2) is 0 Å². The fourth-order valence-electron chi connectivity index (χ4n) is 2.69. The summed E-state index contributed by atoms with van der Waals surface area (Å²) < 4.78 is 0. The lowest BCUT2D eigenvalue weighted by Crippen LogP contribution is -2.51. The van der Waals surface area contributed by atoms with Crippen molar-refractivity contribution in [2.24, 2.45) is 11.7 Å². The molecule has 1 atom stereocenters. The summed E-state index contributed by atoms with van der Waals surface area (Å²) >= 11 is 0. The van der Waals surface area contributed by atoms with Crippen molar-refractivity contribution < 1.29 is 9.59 Å². The van der Waals surface area contributed by atoms with Crippen LogP contribution < -0.4 is 16.4 Å². The molecule has 126 valence electrons. The fourth-order valence-corrected chi connectivity index (χ4v) is 2.69. The summed E-state index contributed by atoms with van der Waals surface area (Å²) in [6.45, 7) is 4.16. The van der Waals surface area contributed by atoms with Crippen LogP contribution in [0.5, 0.6) is 0 Å². The minimum Gasteiger partial charge on any atom is -0.350 e. The molecule has 0 aliphatic heterocycles. The van der Waals surface area contributed by atoms with Gasteiger partial charge in [-0.2, -0.15) is 0 Å². The third-order valence-corrected chi connectivity index (χ3v) is 4.41. The second kappa shape index (κ2) is 7.59. The summed E-state index contributed by atoms with van der Waals surface area (Å²) in [6.07, 6.45) is 4.61. The van der Waals surface area contributed by atoms with E-state index in [0.29, 0.717) is 13.0 Å². The largest absolute Gasteiger partial charge is 0.350 e. The van der Waals surface area contributed by atoms with Crippen molar-refractivity contribution in [2.75, 3.05) is 5.32 Å². The van der Waals surface area contributed by atoms with Gasteiger partial charge in [-0.3, -0.25) is 9.59 Å². The van der Waals surface area contributed by atoms with Crippen LogP contribution in [-0.4, -0.2) is 17.4 Å². The minimum atomic E-state index is -0.842. The van der Waals surface area contributed by atoms with Gasteiger partial charge < -0.3 is 16.4 Å². The first-order valence-electron chi connectivity index (χ1n) is 8.39. The molecule has 0 spiro atoms. The van der Waals surface area contributed by atoms with Crippen molar-refractivity contribution in [3.05, 3.63) is 29.8 Å². The van der Waals surface area contributed by atoms with Gasteiger partial charge in [0.05, 0.1) is 5.54 Å². The van der Waals surface area contributed by atoms with Crippen LogP contribution in [0, 0.1) is 5.92 Å². The highest BCUT2D eigenvalue weighted by atomic mass is 16.2. The smallest absolute Gasteiger partial charge is 0.240 e. The number of hydrogen-bond acceptors (Lipinski definition) is 3. The van der Waals surface area contributed by atoms with Crippen molar-refractivity contribution in [1.82, 2.24) is 5.32 Å². The number of anilines is 1. The van der Waals surface area contributed by atoms with Gasteiger partial charge in [0.2, 0.25) is 11.8 Å². The zero-order chi connectivity index (χ0) is 16.9. The average molecular weight is 317 g/mol. The molecule has 5 nitrogen and oxygen atoms in total. The molecule has 23 heavy (non-hydrogen) atoms. The predicted octanol–water partition coefficient (Wildman–Crippen LogP) is 2.56. The van der Waals surface area contributed by atoms with Crippen LogP contribution in [0.1, 0.15) is 51.5 Å². The van der Waals surface area contributed by atoms with Gasteiger partial charge in [-0.1, -0.05) is 31.9 Å². The Morgan fingerprint density at radius 2 is 2.09 bits per heavy atom. The molecule has 1 aliphatic rings. The molecule has 1 aromatic rings. The standard InChI is InChI=1S/C18H27N3O2/c1-3-10-18(2,19)17(23)20-12-13-6-4-9-15(11-13)21-16(22)14-7-5-8-14/h4,6,9,11,14H,3,5,7-8,10,12,19H2,1-2H3,(H,20,23)(H,21,22). The summed E-state index contributed by atoms with van der Waals surface area (Å²) in [5, 5.41) is 5.82. The van der Waals surface area contributed by atoms with Crippen LogP contribution in [0.3, 0.4) is 0 Å². The van der Waals surface area contributed by atoms with Crippen molar-refractivity contribution in [3.63, 3.8) is 0 Å². The number of hydrogen-bond donors (Lipinski definition) is 3. The average Bonchev–Trinajstić information content (AvgIpc) is 2.43. The Balaban J connectivity index is 1.89. The van der Waals surface area contributed by atoms with Gasteiger partial charge >= 0.3 is 0 Å². The molecule has 1 unspecified atom stereocenters. The van der Waals surface area contributed by atoms with E-state index in [1.807, 2.05) is 31.2 Å². The lowest BCUT2D eigenvalue weighted by molar-refractivity contribution is -0.126. The number of nitrogens with two attached hydrogens (primary N) is 1. The summed E-state index contributed by atoms with van der Waals surface area (Å²) in [6, 6.07) is 7.56. The maximum Gasteiger partial charge on any atom is 0.240 e. The van der Waals surface area contributed by atoms with Crippen LogP contribution in [0.2, 0.25) is 0 Å². The number of amides is 2. The molecule has 0 heterocycles.